The van der Waals surface area contributed by atoms with E-state index in [1.807, 2.05) is 13.0 Å². The summed E-state index contributed by atoms with van der Waals surface area (Å²) in [4.78, 5) is 36.0. The van der Waals surface area contributed by atoms with E-state index < -0.39 is 11.8 Å². The van der Waals surface area contributed by atoms with E-state index in [2.05, 4.69) is 10.6 Å². The maximum atomic E-state index is 12.4. The van der Waals surface area contributed by atoms with Crippen molar-refractivity contribution in [3.05, 3.63) is 51.4 Å². The second-order valence-electron chi connectivity index (χ2n) is 4.82. The van der Waals surface area contributed by atoms with Crippen molar-refractivity contribution >= 4 is 46.2 Å². The van der Waals surface area contributed by atoms with Gasteiger partial charge in [-0.05, 0) is 37.4 Å². The zero-order chi connectivity index (χ0) is 15.9. The first-order valence-corrected chi connectivity index (χ1v) is 6.77. The maximum absolute atomic E-state index is 12.4. The summed E-state index contributed by atoms with van der Waals surface area (Å²) in [5.74, 6) is -1.31. The molecule has 1 aromatic carbocycles. The molecule has 6 nitrogen and oxygen atoms in total. The van der Waals surface area contributed by atoms with Gasteiger partial charge in [0.15, 0.2) is 10.5 Å². The molecule has 1 aromatic heterocycles. The Morgan fingerprint density at radius 1 is 1.14 bits per heavy atom. The maximum Gasteiger partial charge on any atom is 0.263 e. The monoisotopic (exact) mass is 314 g/mol. The summed E-state index contributed by atoms with van der Waals surface area (Å²) < 4.78 is 5.38. The number of aryl methyl sites for hydroxylation is 1. The van der Waals surface area contributed by atoms with Gasteiger partial charge in [0.05, 0.1) is 10.9 Å². The van der Waals surface area contributed by atoms with Crippen molar-refractivity contribution < 1.29 is 14.0 Å². The molecule has 1 fully saturated rings. The third-order valence-corrected chi connectivity index (χ3v) is 3.40. The van der Waals surface area contributed by atoms with E-state index >= 15 is 0 Å². The van der Waals surface area contributed by atoms with E-state index in [9.17, 15) is 14.4 Å². The number of hydrogen-bond acceptors (Lipinski definition) is 5. The van der Waals surface area contributed by atoms with Crippen LogP contribution in [0, 0.1) is 6.92 Å². The summed E-state index contributed by atoms with van der Waals surface area (Å²) >= 11 is 4.71. The Kier molecular flexibility index (Phi) is 3.34. The molecule has 0 atom stereocenters. The molecule has 2 heterocycles. The third-order valence-electron chi connectivity index (χ3n) is 3.20. The summed E-state index contributed by atoms with van der Waals surface area (Å²) in [6, 6.07) is 5.22. The van der Waals surface area contributed by atoms with Crippen molar-refractivity contribution in [2.24, 2.45) is 0 Å². The van der Waals surface area contributed by atoms with Gasteiger partial charge in [-0.15, -0.1) is 0 Å². The van der Waals surface area contributed by atoms with Crippen molar-refractivity contribution in [1.82, 2.24) is 10.6 Å². The molecule has 2 amide bonds. The molecule has 22 heavy (non-hydrogen) atoms. The highest BCUT2D eigenvalue weighted by Crippen LogP contribution is 2.15. The van der Waals surface area contributed by atoms with Crippen molar-refractivity contribution in [3.8, 4) is 0 Å². The topological polar surface area (TPSA) is 88.4 Å². The van der Waals surface area contributed by atoms with Gasteiger partial charge in [0.25, 0.3) is 11.8 Å². The SMILES string of the molecule is Cc1ccc2occ(C=C3C(=O)NC(=S)NC3=O)c(=O)c2c1. The lowest BCUT2D eigenvalue weighted by molar-refractivity contribution is -0.123. The highest BCUT2D eigenvalue weighted by atomic mass is 32.1. The summed E-state index contributed by atoms with van der Waals surface area (Å²) in [6.45, 7) is 1.85. The second kappa shape index (κ2) is 5.19. The fourth-order valence-corrected chi connectivity index (χ4v) is 2.31. The number of amides is 2. The number of thiocarbonyl (C=S) groups is 1. The lowest BCUT2D eigenvalue weighted by Crippen LogP contribution is -2.51. The zero-order valence-electron chi connectivity index (χ0n) is 11.4. The van der Waals surface area contributed by atoms with Crippen LogP contribution in [0.1, 0.15) is 11.1 Å². The quantitative estimate of drug-likeness (QED) is 0.466. The largest absolute Gasteiger partial charge is 0.463 e. The highest BCUT2D eigenvalue weighted by molar-refractivity contribution is 7.80. The summed E-state index contributed by atoms with van der Waals surface area (Å²) in [5, 5.41) is 4.94. The van der Waals surface area contributed by atoms with Gasteiger partial charge in [-0.2, -0.15) is 0 Å². The fraction of sp³-hybridized carbons (Fsp3) is 0.0667. The first kappa shape index (κ1) is 14.2. The number of carbonyl (C=O) groups excluding carboxylic acids is 2. The van der Waals surface area contributed by atoms with Gasteiger partial charge in [-0.25, -0.2) is 0 Å². The Labute approximate surface area is 129 Å². The molecule has 0 radical (unpaired) electrons. The van der Waals surface area contributed by atoms with Crippen LogP contribution in [-0.2, 0) is 9.59 Å². The zero-order valence-corrected chi connectivity index (χ0v) is 12.2. The minimum Gasteiger partial charge on any atom is -0.463 e. The van der Waals surface area contributed by atoms with Gasteiger partial charge in [-0.3, -0.25) is 25.0 Å². The molecule has 2 aromatic rings. The highest BCUT2D eigenvalue weighted by Gasteiger charge is 2.26. The normalized spacial score (nSPS) is 14.8. The smallest absolute Gasteiger partial charge is 0.263 e. The van der Waals surface area contributed by atoms with Gasteiger partial charge in [0, 0.05) is 0 Å². The Balaban J connectivity index is 2.15. The van der Waals surface area contributed by atoms with E-state index in [0.717, 1.165) is 5.56 Å². The van der Waals surface area contributed by atoms with Crippen LogP contribution in [0.3, 0.4) is 0 Å². The van der Waals surface area contributed by atoms with Gasteiger partial charge in [0.2, 0.25) is 0 Å². The van der Waals surface area contributed by atoms with Crippen LogP contribution < -0.4 is 16.1 Å². The number of rotatable bonds is 1. The van der Waals surface area contributed by atoms with Crippen molar-refractivity contribution in [3.63, 3.8) is 0 Å². The Morgan fingerprint density at radius 3 is 2.50 bits per heavy atom. The Bertz CT molecular complexity index is 905. The number of nitrogens with one attached hydrogen (secondary N) is 2. The van der Waals surface area contributed by atoms with E-state index in [0.29, 0.717) is 11.0 Å². The summed E-state index contributed by atoms with van der Waals surface area (Å²) in [5.41, 5.74) is 0.949. The van der Waals surface area contributed by atoms with Gasteiger partial charge >= 0.3 is 0 Å². The van der Waals surface area contributed by atoms with Crippen molar-refractivity contribution in [1.29, 1.82) is 0 Å². The lowest BCUT2D eigenvalue weighted by Gasteiger charge is -2.16. The van der Waals surface area contributed by atoms with Crippen molar-refractivity contribution in [2.75, 3.05) is 0 Å². The molecule has 110 valence electrons. The molecule has 7 heteroatoms. The fourth-order valence-electron chi connectivity index (χ4n) is 2.12. The minimum atomic E-state index is -0.655. The van der Waals surface area contributed by atoms with Crippen LogP contribution >= 0.6 is 12.2 Å². The molecule has 1 aliphatic rings. The third kappa shape index (κ3) is 2.42. The van der Waals surface area contributed by atoms with E-state index in [1.54, 1.807) is 12.1 Å². The Morgan fingerprint density at radius 2 is 1.82 bits per heavy atom. The van der Waals surface area contributed by atoms with Crippen LogP contribution in [0.25, 0.3) is 17.0 Å². The molecule has 0 spiro atoms. The average Bonchev–Trinajstić information content (AvgIpc) is 2.45. The van der Waals surface area contributed by atoms with Crippen LogP contribution in [0.15, 0.2) is 39.2 Å². The number of fused-ring (bicyclic) bond motifs is 1. The van der Waals surface area contributed by atoms with Crippen molar-refractivity contribution in [2.45, 2.75) is 6.92 Å². The molecular weight excluding hydrogens is 304 g/mol. The van der Waals surface area contributed by atoms with Crippen LogP contribution in [0.2, 0.25) is 0 Å². The molecule has 0 aliphatic carbocycles. The molecule has 3 rings (SSSR count). The number of hydrogen-bond donors (Lipinski definition) is 2. The minimum absolute atomic E-state index is 0.0617. The first-order valence-electron chi connectivity index (χ1n) is 6.36. The predicted octanol–water partition coefficient (Wildman–Crippen LogP) is 1.02. The number of benzene rings is 1. The second-order valence-corrected chi connectivity index (χ2v) is 5.22. The van der Waals surface area contributed by atoms with E-state index in [4.69, 9.17) is 16.6 Å². The number of carbonyl (C=O) groups is 2. The molecule has 0 unspecified atom stereocenters. The molecule has 0 bridgehead atoms. The van der Waals surface area contributed by atoms with Crippen LogP contribution in [0.5, 0.6) is 0 Å². The predicted molar refractivity (Wildman–Crippen MR) is 84.1 cm³/mol. The first-order chi connectivity index (χ1) is 10.5. The standard InChI is InChI=1S/C15H10N2O4S/c1-7-2-3-11-9(4-7)12(18)8(6-21-11)5-10-13(19)16-15(22)17-14(10)20/h2-6H,1H3,(H2,16,17,19,20,22). The molecular formula is C15H10N2O4S. The van der Waals surface area contributed by atoms with E-state index in [1.165, 1.54) is 12.3 Å². The van der Waals surface area contributed by atoms with Gasteiger partial charge in [-0.1, -0.05) is 11.6 Å². The molecule has 1 saturated heterocycles. The van der Waals surface area contributed by atoms with Crippen LogP contribution in [0.4, 0.5) is 0 Å². The van der Waals surface area contributed by atoms with Gasteiger partial charge < -0.3 is 4.42 Å². The average molecular weight is 314 g/mol. The summed E-state index contributed by atoms with van der Waals surface area (Å²) in [7, 11) is 0. The van der Waals surface area contributed by atoms with Crippen LogP contribution in [-0.4, -0.2) is 16.9 Å². The lowest BCUT2D eigenvalue weighted by atomic mass is 10.1. The Hall–Kier alpha value is -2.80. The summed E-state index contributed by atoms with van der Waals surface area (Å²) in [6.07, 6.45) is 2.42. The molecule has 0 saturated carbocycles. The molecule has 1 aliphatic heterocycles. The van der Waals surface area contributed by atoms with E-state index in [-0.39, 0.29) is 21.7 Å². The molecule has 2 N–H and O–H groups in total. The van der Waals surface area contributed by atoms with Gasteiger partial charge in [0.1, 0.15) is 17.4 Å².